The summed E-state index contributed by atoms with van der Waals surface area (Å²) in [7, 11) is 0. The minimum atomic E-state index is -0.805. The van der Waals surface area contributed by atoms with Crippen LogP contribution in [0.2, 0.25) is 0 Å². The van der Waals surface area contributed by atoms with Gasteiger partial charge < -0.3 is 14.7 Å². The Labute approximate surface area is 183 Å². The molecule has 12 nitrogen and oxygen atoms in total. The number of aliphatic hydroxyl groups excluding tert-OH is 1. The summed E-state index contributed by atoms with van der Waals surface area (Å²) in [5.41, 5.74) is 0.981. The van der Waals surface area contributed by atoms with Crippen molar-refractivity contribution in [1.29, 1.82) is 0 Å². The van der Waals surface area contributed by atoms with Crippen molar-refractivity contribution in [2.45, 2.75) is 25.9 Å². The van der Waals surface area contributed by atoms with Crippen LogP contribution in [0.3, 0.4) is 0 Å². The van der Waals surface area contributed by atoms with Crippen LogP contribution < -0.4 is 0 Å². The summed E-state index contributed by atoms with van der Waals surface area (Å²) in [5.74, 6) is 0.0658. The van der Waals surface area contributed by atoms with Crippen molar-refractivity contribution in [3.63, 3.8) is 0 Å². The maximum absolute atomic E-state index is 13.2. The van der Waals surface area contributed by atoms with Crippen LogP contribution in [-0.4, -0.2) is 83.4 Å². The van der Waals surface area contributed by atoms with E-state index in [0.717, 1.165) is 0 Å². The molecule has 3 aliphatic heterocycles. The van der Waals surface area contributed by atoms with Crippen molar-refractivity contribution in [2.75, 3.05) is 26.2 Å². The highest BCUT2D eigenvalue weighted by atomic mass is 16.5. The monoisotopic (exact) mass is 438 g/mol. The average molecular weight is 438 g/mol. The number of cyclic esters (lactones) is 1. The largest absolute Gasteiger partial charge is 0.456 e. The zero-order valence-corrected chi connectivity index (χ0v) is 17.5. The molecule has 1 saturated heterocycles. The minimum absolute atomic E-state index is 0.0191. The van der Waals surface area contributed by atoms with Gasteiger partial charge in [-0.3, -0.25) is 9.69 Å². The molecule has 3 aliphatic rings. The summed E-state index contributed by atoms with van der Waals surface area (Å²) in [6.45, 7) is 3.51. The van der Waals surface area contributed by atoms with Gasteiger partial charge in [-0.05, 0) is 55.4 Å². The molecule has 0 aliphatic carbocycles. The molecule has 0 bridgehead atoms. The topological polar surface area (TPSA) is 139 Å². The predicted octanol–water partition coefficient (Wildman–Crippen LogP) is -0.245. The van der Waals surface area contributed by atoms with Crippen molar-refractivity contribution in [2.24, 2.45) is 5.41 Å². The summed E-state index contributed by atoms with van der Waals surface area (Å²) in [6, 6.07) is 3.39. The van der Waals surface area contributed by atoms with Crippen molar-refractivity contribution in [3.05, 3.63) is 47.7 Å². The summed E-state index contributed by atoms with van der Waals surface area (Å²) in [4.78, 5) is 28.5. The maximum Gasteiger partial charge on any atom is 0.336 e. The Balaban J connectivity index is 1.19. The molecule has 2 aromatic heterocycles. The molecule has 0 unspecified atom stereocenters. The molecule has 166 valence electrons. The Kier molecular flexibility index (Phi) is 5.02. The van der Waals surface area contributed by atoms with E-state index in [1.807, 2.05) is 6.08 Å². The molecular weight excluding hydrogens is 416 g/mol. The third-order valence-electron chi connectivity index (χ3n) is 6.33. The first kappa shape index (κ1) is 20.4. The average Bonchev–Trinajstić information content (AvgIpc) is 3.53. The summed E-state index contributed by atoms with van der Waals surface area (Å²) < 4.78 is 6.43. The highest BCUT2D eigenvalue weighted by molar-refractivity contribution is 5.95. The van der Waals surface area contributed by atoms with Gasteiger partial charge in [-0.1, -0.05) is 6.08 Å². The fourth-order valence-corrected chi connectivity index (χ4v) is 4.28. The second kappa shape index (κ2) is 7.88. The molecule has 0 radical (unpaired) electrons. The van der Waals surface area contributed by atoms with Crippen LogP contribution in [0.5, 0.6) is 0 Å². The Morgan fingerprint density at radius 3 is 2.66 bits per heavy atom. The van der Waals surface area contributed by atoms with Crippen molar-refractivity contribution in [3.8, 4) is 5.82 Å². The van der Waals surface area contributed by atoms with Gasteiger partial charge in [-0.2, -0.15) is 9.78 Å². The van der Waals surface area contributed by atoms with E-state index in [4.69, 9.17) is 4.74 Å². The number of carbonyl (C=O) groups is 2. The zero-order chi connectivity index (χ0) is 22.3. The molecule has 32 heavy (non-hydrogen) atoms. The number of amides is 1. The van der Waals surface area contributed by atoms with Crippen molar-refractivity contribution < 1.29 is 19.4 Å². The number of aliphatic hydroxyl groups is 1. The summed E-state index contributed by atoms with van der Waals surface area (Å²) in [6.07, 6.45) is 5.58. The normalized spacial score (nSPS) is 21.6. The molecule has 1 N–H and O–H groups in total. The summed E-state index contributed by atoms with van der Waals surface area (Å²) >= 11 is 0. The van der Waals surface area contributed by atoms with Crippen molar-refractivity contribution >= 4 is 11.9 Å². The van der Waals surface area contributed by atoms with Gasteiger partial charge in [-0.25, -0.2) is 4.79 Å². The van der Waals surface area contributed by atoms with Gasteiger partial charge in [0.15, 0.2) is 5.82 Å². The molecule has 2 aromatic rings. The van der Waals surface area contributed by atoms with E-state index in [9.17, 15) is 14.7 Å². The van der Waals surface area contributed by atoms with Gasteiger partial charge in [-0.15, -0.1) is 10.2 Å². The van der Waals surface area contributed by atoms with E-state index in [2.05, 4.69) is 30.6 Å². The second-order valence-electron chi connectivity index (χ2n) is 8.18. The van der Waals surface area contributed by atoms with Crippen LogP contribution in [0.4, 0.5) is 0 Å². The number of hydrogen-bond donors (Lipinski definition) is 1. The van der Waals surface area contributed by atoms with Crippen LogP contribution in [0, 0.1) is 5.41 Å². The van der Waals surface area contributed by atoms with E-state index in [1.165, 1.54) is 11.0 Å². The molecule has 1 amide bonds. The van der Waals surface area contributed by atoms with Crippen LogP contribution in [0.15, 0.2) is 42.0 Å². The third-order valence-corrected chi connectivity index (χ3v) is 6.33. The molecule has 1 atom stereocenters. The Hall–Kier alpha value is -3.51. The third kappa shape index (κ3) is 3.46. The lowest BCUT2D eigenvalue weighted by Crippen LogP contribution is -2.46. The smallest absolute Gasteiger partial charge is 0.336 e. The summed E-state index contributed by atoms with van der Waals surface area (Å²) in [5, 5.41) is 29.6. The molecule has 5 rings (SSSR count). The van der Waals surface area contributed by atoms with Gasteiger partial charge in [0.25, 0.3) is 0 Å². The molecular formula is C20H22N8O4. The van der Waals surface area contributed by atoms with E-state index in [0.29, 0.717) is 55.3 Å². The van der Waals surface area contributed by atoms with Gasteiger partial charge in [0, 0.05) is 12.7 Å². The van der Waals surface area contributed by atoms with E-state index < -0.39 is 11.5 Å². The lowest BCUT2D eigenvalue weighted by atomic mass is 9.78. The first-order valence-corrected chi connectivity index (χ1v) is 10.3. The quantitative estimate of drug-likeness (QED) is 0.622. The number of piperidine rings is 1. The lowest BCUT2D eigenvalue weighted by molar-refractivity contribution is -0.138. The SMILES string of the molecule is CC1=C(N2C=CC3(CCN(C[C@H](O)c4ccc(-n5cnnn5)nn4)CC3)C2=O)COC1=O. The zero-order valence-electron chi connectivity index (χ0n) is 17.5. The lowest BCUT2D eigenvalue weighted by Gasteiger charge is -2.38. The van der Waals surface area contributed by atoms with E-state index in [-0.39, 0.29) is 18.5 Å². The number of carbonyl (C=O) groups excluding carboxylic acids is 2. The van der Waals surface area contributed by atoms with E-state index >= 15 is 0 Å². The standard InChI is InChI=1S/C20H22N8O4/c1-13-15(11-32-18(13)30)27-9-6-20(19(27)31)4-7-26(8-5-20)10-16(29)14-2-3-17(23-22-14)28-12-21-24-25-28/h2-3,6,9,12,16,29H,4-5,7-8,10-11H2,1H3/t16-/m0/s1. The molecule has 1 fully saturated rings. The molecule has 0 aromatic carbocycles. The van der Waals surface area contributed by atoms with Crippen molar-refractivity contribution in [1.82, 2.24) is 40.2 Å². The number of β-amino-alcohol motifs (C(OH)–C–C–N with tert-alkyl or cyclic N) is 1. The maximum atomic E-state index is 13.2. The number of esters is 1. The first-order chi connectivity index (χ1) is 15.5. The fourth-order valence-electron chi connectivity index (χ4n) is 4.28. The predicted molar refractivity (Wildman–Crippen MR) is 107 cm³/mol. The Bertz CT molecular complexity index is 1090. The molecule has 12 heteroatoms. The minimum Gasteiger partial charge on any atom is -0.456 e. The number of ether oxygens (including phenoxy) is 1. The van der Waals surface area contributed by atoms with Crippen LogP contribution in [0.1, 0.15) is 31.6 Å². The van der Waals surface area contributed by atoms with Crippen LogP contribution in [0.25, 0.3) is 5.82 Å². The van der Waals surface area contributed by atoms with Gasteiger partial charge in [0.1, 0.15) is 19.0 Å². The first-order valence-electron chi connectivity index (χ1n) is 10.3. The number of tetrazole rings is 1. The number of nitrogens with zero attached hydrogens (tertiary/aromatic N) is 8. The highest BCUT2D eigenvalue weighted by Crippen LogP contribution is 2.41. The molecule has 0 saturated carbocycles. The van der Waals surface area contributed by atoms with Crippen LogP contribution in [-0.2, 0) is 14.3 Å². The Morgan fingerprint density at radius 1 is 1.22 bits per heavy atom. The number of likely N-dealkylation sites (tertiary alicyclic amines) is 1. The van der Waals surface area contributed by atoms with Gasteiger partial charge >= 0.3 is 5.97 Å². The molecule has 5 heterocycles. The van der Waals surface area contributed by atoms with Gasteiger partial charge in [0.05, 0.1) is 22.4 Å². The van der Waals surface area contributed by atoms with Gasteiger partial charge in [0.2, 0.25) is 5.91 Å². The fraction of sp³-hybridized carbons (Fsp3) is 0.450. The number of aromatic nitrogens is 6. The number of hydrogen-bond acceptors (Lipinski definition) is 10. The second-order valence-corrected chi connectivity index (χ2v) is 8.18. The van der Waals surface area contributed by atoms with Crippen LogP contribution >= 0.6 is 0 Å². The number of rotatable bonds is 5. The highest BCUT2D eigenvalue weighted by Gasteiger charge is 2.47. The Morgan fingerprint density at radius 2 is 2.03 bits per heavy atom. The van der Waals surface area contributed by atoms with E-state index in [1.54, 1.807) is 30.2 Å². The molecule has 1 spiro atoms.